The van der Waals surface area contributed by atoms with E-state index in [2.05, 4.69) is 31.9 Å². The fourth-order valence-electron chi connectivity index (χ4n) is 2.31. The van der Waals surface area contributed by atoms with E-state index in [1.807, 2.05) is 16.7 Å². The SMILES string of the molecule is N=c1c2c(Br)ccc(Br)c2nc2n1CCCC2. The van der Waals surface area contributed by atoms with E-state index in [1.54, 1.807) is 0 Å². The largest absolute Gasteiger partial charge is 0.314 e. The molecule has 0 atom stereocenters. The van der Waals surface area contributed by atoms with Gasteiger partial charge >= 0.3 is 0 Å². The molecule has 0 amide bonds. The second-order valence-electron chi connectivity index (χ2n) is 4.24. The molecule has 1 N–H and O–H groups in total. The molecule has 0 bridgehead atoms. The summed E-state index contributed by atoms with van der Waals surface area (Å²) in [6.45, 7) is 0.913. The van der Waals surface area contributed by atoms with E-state index >= 15 is 0 Å². The Hall–Kier alpha value is -0.680. The molecule has 1 aliphatic rings. The molecule has 88 valence electrons. The second-order valence-corrected chi connectivity index (χ2v) is 5.95. The first-order valence-corrected chi connectivity index (χ1v) is 7.19. The van der Waals surface area contributed by atoms with Gasteiger partial charge in [0.1, 0.15) is 11.3 Å². The maximum Gasteiger partial charge on any atom is 0.136 e. The van der Waals surface area contributed by atoms with Gasteiger partial charge in [0.2, 0.25) is 0 Å². The lowest BCUT2D eigenvalue weighted by molar-refractivity contribution is 0.493. The van der Waals surface area contributed by atoms with Crippen molar-refractivity contribution >= 4 is 42.8 Å². The van der Waals surface area contributed by atoms with E-state index in [9.17, 15) is 0 Å². The topological polar surface area (TPSA) is 41.7 Å². The van der Waals surface area contributed by atoms with Crippen LogP contribution in [0.2, 0.25) is 0 Å². The minimum atomic E-state index is 0.567. The number of rotatable bonds is 0. The monoisotopic (exact) mass is 355 g/mol. The molecule has 0 saturated carbocycles. The Morgan fingerprint density at radius 3 is 2.76 bits per heavy atom. The molecular formula is C12H11Br2N3. The normalized spacial score (nSPS) is 14.9. The molecule has 0 saturated heterocycles. The number of benzene rings is 1. The summed E-state index contributed by atoms with van der Waals surface area (Å²) in [6, 6.07) is 3.93. The van der Waals surface area contributed by atoms with E-state index in [0.717, 1.165) is 45.1 Å². The van der Waals surface area contributed by atoms with Crippen LogP contribution in [0.3, 0.4) is 0 Å². The number of hydrogen-bond acceptors (Lipinski definition) is 2. The average Bonchev–Trinajstić information content (AvgIpc) is 2.34. The van der Waals surface area contributed by atoms with Gasteiger partial charge in [0, 0.05) is 21.9 Å². The molecule has 17 heavy (non-hydrogen) atoms. The molecule has 2 aromatic rings. The Balaban J connectivity index is 2.48. The number of aryl methyl sites for hydroxylation is 1. The van der Waals surface area contributed by atoms with Gasteiger partial charge in [-0.25, -0.2) is 4.98 Å². The maximum absolute atomic E-state index is 8.33. The molecule has 0 fully saturated rings. The molecule has 0 spiro atoms. The van der Waals surface area contributed by atoms with E-state index in [0.29, 0.717) is 5.49 Å². The van der Waals surface area contributed by atoms with E-state index in [-0.39, 0.29) is 0 Å². The highest BCUT2D eigenvalue weighted by Crippen LogP contribution is 2.27. The van der Waals surface area contributed by atoms with Crippen molar-refractivity contribution in [3.8, 4) is 0 Å². The summed E-state index contributed by atoms with van der Waals surface area (Å²) in [5, 5.41) is 9.22. The Bertz CT molecular complexity index is 661. The third-order valence-corrected chi connectivity index (χ3v) is 4.47. The second kappa shape index (κ2) is 4.21. The van der Waals surface area contributed by atoms with E-state index in [1.165, 1.54) is 6.42 Å². The Morgan fingerprint density at radius 2 is 1.94 bits per heavy atom. The highest BCUT2D eigenvalue weighted by atomic mass is 79.9. The smallest absolute Gasteiger partial charge is 0.136 e. The van der Waals surface area contributed by atoms with Crippen LogP contribution in [0, 0.1) is 5.41 Å². The molecule has 3 rings (SSSR count). The van der Waals surface area contributed by atoms with Gasteiger partial charge in [-0.3, -0.25) is 5.41 Å². The number of fused-ring (bicyclic) bond motifs is 2. The molecule has 1 aromatic carbocycles. The molecule has 5 heteroatoms. The van der Waals surface area contributed by atoms with Crippen LogP contribution in [0.1, 0.15) is 18.7 Å². The highest BCUT2D eigenvalue weighted by Gasteiger charge is 2.15. The lowest BCUT2D eigenvalue weighted by Gasteiger charge is -2.19. The van der Waals surface area contributed by atoms with Crippen LogP contribution >= 0.6 is 31.9 Å². The van der Waals surface area contributed by atoms with Crippen molar-refractivity contribution in [1.29, 1.82) is 5.41 Å². The van der Waals surface area contributed by atoms with Crippen molar-refractivity contribution in [1.82, 2.24) is 9.55 Å². The third kappa shape index (κ3) is 1.76. The molecule has 2 heterocycles. The summed E-state index contributed by atoms with van der Waals surface area (Å²) in [5.41, 5.74) is 1.45. The number of halogens is 2. The lowest BCUT2D eigenvalue weighted by atomic mass is 10.1. The van der Waals surface area contributed by atoms with Gasteiger partial charge in [0.05, 0.1) is 10.9 Å². The van der Waals surface area contributed by atoms with Crippen LogP contribution in [-0.4, -0.2) is 9.55 Å². The molecular weight excluding hydrogens is 346 g/mol. The van der Waals surface area contributed by atoms with Crippen molar-refractivity contribution in [2.24, 2.45) is 0 Å². The number of hydrogen-bond donors (Lipinski definition) is 1. The summed E-state index contributed by atoms with van der Waals surface area (Å²) < 4.78 is 3.93. The van der Waals surface area contributed by atoms with Gasteiger partial charge in [0.15, 0.2) is 0 Å². The first kappa shape index (κ1) is 11.4. The van der Waals surface area contributed by atoms with Crippen LogP contribution in [0.4, 0.5) is 0 Å². The van der Waals surface area contributed by atoms with Crippen molar-refractivity contribution in [2.75, 3.05) is 0 Å². The average molecular weight is 357 g/mol. The predicted octanol–water partition coefficient (Wildman–Crippen LogP) is 3.38. The quantitative estimate of drug-likeness (QED) is 0.772. The third-order valence-electron chi connectivity index (χ3n) is 3.17. The summed E-state index contributed by atoms with van der Waals surface area (Å²) >= 11 is 7.03. The Labute approximate surface area is 116 Å². The number of aromatic nitrogens is 2. The molecule has 1 aromatic heterocycles. The predicted molar refractivity (Wildman–Crippen MR) is 73.9 cm³/mol. The summed E-state index contributed by atoms with van der Waals surface area (Å²) in [6.07, 6.45) is 3.28. The molecule has 1 aliphatic heterocycles. The molecule has 3 nitrogen and oxygen atoms in total. The highest BCUT2D eigenvalue weighted by molar-refractivity contribution is 9.11. The van der Waals surface area contributed by atoms with Crippen molar-refractivity contribution in [3.05, 3.63) is 32.4 Å². The van der Waals surface area contributed by atoms with Crippen LogP contribution < -0.4 is 5.49 Å². The van der Waals surface area contributed by atoms with Gasteiger partial charge in [-0.05, 0) is 56.8 Å². The zero-order chi connectivity index (χ0) is 12.0. The van der Waals surface area contributed by atoms with Gasteiger partial charge in [-0.15, -0.1) is 0 Å². The number of nitrogens with one attached hydrogen (secondary N) is 1. The van der Waals surface area contributed by atoms with Crippen LogP contribution in [0.5, 0.6) is 0 Å². The van der Waals surface area contributed by atoms with Crippen molar-refractivity contribution in [3.63, 3.8) is 0 Å². The lowest BCUT2D eigenvalue weighted by Crippen LogP contribution is -2.28. The van der Waals surface area contributed by atoms with E-state index < -0.39 is 0 Å². The van der Waals surface area contributed by atoms with Crippen LogP contribution in [0.25, 0.3) is 10.9 Å². The van der Waals surface area contributed by atoms with Gasteiger partial charge in [0.25, 0.3) is 0 Å². The molecule has 0 radical (unpaired) electrons. The van der Waals surface area contributed by atoms with E-state index in [4.69, 9.17) is 10.4 Å². The zero-order valence-electron chi connectivity index (χ0n) is 9.13. The molecule has 0 aliphatic carbocycles. The Morgan fingerprint density at radius 1 is 1.18 bits per heavy atom. The van der Waals surface area contributed by atoms with Crippen LogP contribution in [-0.2, 0) is 13.0 Å². The first-order valence-electron chi connectivity index (χ1n) is 5.60. The fourth-order valence-corrected chi connectivity index (χ4v) is 3.24. The summed E-state index contributed by atoms with van der Waals surface area (Å²) in [5.74, 6) is 1.03. The fraction of sp³-hybridized carbons (Fsp3) is 0.333. The van der Waals surface area contributed by atoms with Gasteiger partial charge < -0.3 is 4.57 Å². The van der Waals surface area contributed by atoms with Crippen molar-refractivity contribution < 1.29 is 0 Å². The van der Waals surface area contributed by atoms with Crippen LogP contribution in [0.15, 0.2) is 21.1 Å². The summed E-state index contributed by atoms with van der Waals surface area (Å²) in [7, 11) is 0. The first-order chi connectivity index (χ1) is 8.18. The Kier molecular flexibility index (Phi) is 2.83. The minimum Gasteiger partial charge on any atom is -0.314 e. The molecule has 0 unspecified atom stereocenters. The van der Waals surface area contributed by atoms with Gasteiger partial charge in [-0.2, -0.15) is 0 Å². The summed E-state index contributed by atoms with van der Waals surface area (Å²) in [4.78, 5) is 4.70. The maximum atomic E-state index is 8.33. The minimum absolute atomic E-state index is 0.567. The zero-order valence-corrected chi connectivity index (χ0v) is 12.3. The standard InChI is InChI=1S/C12H11Br2N3/c13-7-4-5-8(14)11-10(7)12(15)17-6-2-1-3-9(17)16-11/h4-5,15H,1-3,6H2. The van der Waals surface area contributed by atoms with Gasteiger partial charge in [-0.1, -0.05) is 0 Å². The number of nitrogens with zero attached hydrogens (tertiary/aromatic N) is 2. The van der Waals surface area contributed by atoms with Crippen molar-refractivity contribution in [2.45, 2.75) is 25.8 Å².